The molecule has 0 saturated heterocycles. The third kappa shape index (κ3) is 22.2. The second-order valence-corrected chi connectivity index (χ2v) is 11.1. The fraction of sp³-hybridized carbons (Fsp3) is 0. The van der Waals surface area contributed by atoms with Gasteiger partial charge in [0.05, 0.1) is 3.69 Å². The Morgan fingerprint density at radius 3 is 1.80 bits per heavy atom. The minimum absolute atomic E-state index is 0. The molecule has 0 N–H and O–H groups in total. The Morgan fingerprint density at radius 1 is 1.80 bits per heavy atom. The summed E-state index contributed by atoms with van der Waals surface area (Å²) in [6, 6.07) is 0. The molecule has 0 aromatic rings. The van der Waals surface area contributed by atoms with Crippen LogP contribution in [-0.4, -0.2) is 18.9 Å². The van der Waals surface area contributed by atoms with E-state index in [1.807, 2.05) is 22.0 Å². The summed E-state index contributed by atoms with van der Waals surface area (Å²) in [5, 5.41) is 0. The summed E-state index contributed by atoms with van der Waals surface area (Å²) >= 11 is 11.7. The molecule has 0 aliphatic heterocycles. The van der Waals surface area contributed by atoms with E-state index < -0.39 is 3.69 Å². The number of hydrogen-bond acceptors (Lipinski definition) is 1. The van der Waals surface area contributed by atoms with Gasteiger partial charge in [-0.1, -0.05) is 23.0 Å². The van der Waals surface area contributed by atoms with Gasteiger partial charge in [0.1, 0.15) is 0 Å². The molecular weight excluding hydrogens is 232 g/mol. The Morgan fingerprint density at radius 2 is 1.80 bits per heavy atom. The summed E-state index contributed by atoms with van der Waals surface area (Å²) in [5.74, 6) is 0. The molecule has 0 aliphatic rings. The van der Waals surface area contributed by atoms with Crippen LogP contribution in [0.2, 0.25) is 0 Å². The predicted octanol–water partition coefficient (Wildman–Crippen LogP) is 1.52. The first-order valence-electron chi connectivity index (χ1n) is 0.582. The van der Waals surface area contributed by atoms with Gasteiger partial charge in [-0.15, -0.1) is 0 Å². The van der Waals surface area contributed by atoms with Crippen LogP contribution in [-0.2, 0) is 11.8 Å². The van der Waals surface area contributed by atoms with E-state index in [1.54, 1.807) is 0 Å². The number of halogens is 2. The van der Waals surface area contributed by atoms with Gasteiger partial charge in [0.25, 0.3) is 0 Å². The average molecular weight is 234 g/mol. The van der Waals surface area contributed by atoms with E-state index in [9.17, 15) is 0 Å². The van der Waals surface area contributed by atoms with Crippen LogP contribution in [0, 0.1) is 0 Å². The van der Waals surface area contributed by atoms with Crippen molar-refractivity contribution in [2.24, 2.45) is 0 Å². The van der Waals surface area contributed by atoms with E-state index in [4.69, 9.17) is 11.2 Å². The van der Waals surface area contributed by atoms with E-state index in [1.165, 1.54) is 0 Å². The van der Waals surface area contributed by atoms with Crippen molar-refractivity contribution in [3.63, 3.8) is 0 Å². The van der Waals surface area contributed by atoms with Crippen LogP contribution in [0.25, 0.3) is 0 Å². The van der Waals surface area contributed by atoms with Crippen LogP contribution >= 0.6 is 37.0 Å². The monoisotopic (exact) mass is 234 g/mol. The Labute approximate surface area is 66.9 Å². The first-order chi connectivity index (χ1) is 1.73. The van der Waals surface area contributed by atoms with Crippen molar-refractivity contribution in [1.82, 2.24) is 0 Å². The van der Waals surface area contributed by atoms with Gasteiger partial charge in [-0.05, 0) is 22.0 Å². The van der Waals surface area contributed by atoms with Gasteiger partial charge in [0, 0.05) is 0 Å². The third-order valence-electron chi connectivity index (χ3n) is 0. The van der Waals surface area contributed by atoms with Crippen LogP contribution < -0.4 is 0 Å². The van der Waals surface area contributed by atoms with Gasteiger partial charge in [-0.3, -0.25) is 0 Å². The second kappa shape index (κ2) is 6.27. The van der Waals surface area contributed by atoms with E-state index in [0.29, 0.717) is 0 Å². The SMILES string of the molecule is S=[PH](Cl)I.[LiH]. The zero-order chi connectivity index (χ0) is 3.58. The third-order valence-corrected chi connectivity index (χ3v) is 0. The molecule has 1 unspecified atom stereocenters. The zero-order valence-corrected chi connectivity index (χ0v) is 6.39. The zero-order valence-electron chi connectivity index (χ0n) is 1.66. The maximum absolute atomic E-state index is 5.18. The summed E-state index contributed by atoms with van der Waals surface area (Å²) in [4.78, 5) is 0. The Kier molecular flexibility index (Phi) is 12.9. The summed E-state index contributed by atoms with van der Waals surface area (Å²) in [6.45, 7) is 0. The molecule has 0 amide bonds. The summed E-state index contributed by atoms with van der Waals surface area (Å²) in [5.41, 5.74) is 0. The molecule has 0 radical (unpaired) electrons. The van der Waals surface area contributed by atoms with Crippen LogP contribution in [0.5, 0.6) is 0 Å². The molecule has 1 atom stereocenters. The van der Waals surface area contributed by atoms with Gasteiger partial charge in [0.15, 0.2) is 0 Å². The van der Waals surface area contributed by atoms with Crippen molar-refractivity contribution in [3.8, 4) is 0 Å². The standard InChI is InChI=1S/ClHIPS.Li.H/c1-3(2)4;;/h3H;;. The quantitative estimate of drug-likeness (QED) is 0.348. The molecule has 0 heterocycles. The number of hydrogen-bond donors (Lipinski definition) is 0. The molecule has 0 aromatic heterocycles. The van der Waals surface area contributed by atoms with Crippen molar-refractivity contribution >= 4 is 67.6 Å². The van der Waals surface area contributed by atoms with Gasteiger partial charge >= 0.3 is 18.9 Å². The molecule has 0 spiro atoms. The van der Waals surface area contributed by atoms with E-state index in [0.717, 1.165) is 0 Å². The first-order valence-corrected chi connectivity index (χ1v) is 7.34. The van der Waals surface area contributed by atoms with Gasteiger partial charge in [-0.25, -0.2) is 0 Å². The molecule has 0 fully saturated rings. The average Bonchev–Trinajstić information content (AvgIpc) is 0.811. The van der Waals surface area contributed by atoms with Crippen molar-refractivity contribution in [2.75, 3.05) is 0 Å². The maximum atomic E-state index is 5.18. The Balaban J connectivity index is 0. The van der Waals surface area contributed by atoms with Crippen LogP contribution in [0.1, 0.15) is 0 Å². The predicted molar refractivity (Wildman–Crippen MR) is 42.7 cm³/mol. The minimum atomic E-state index is -0.854. The van der Waals surface area contributed by atoms with Crippen LogP contribution in [0.15, 0.2) is 0 Å². The van der Waals surface area contributed by atoms with Crippen LogP contribution in [0.3, 0.4) is 0 Å². The van der Waals surface area contributed by atoms with E-state index in [2.05, 4.69) is 11.8 Å². The molecule has 0 saturated carbocycles. The summed E-state index contributed by atoms with van der Waals surface area (Å²) in [7, 11) is 0. The topological polar surface area (TPSA) is 0 Å². The van der Waals surface area contributed by atoms with Crippen molar-refractivity contribution in [3.05, 3.63) is 0 Å². The van der Waals surface area contributed by atoms with Crippen LogP contribution in [0.4, 0.5) is 0 Å². The fourth-order valence-electron chi connectivity index (χ4n) is 0. The molecule has 5 heteroatoms. The van der Waals surface area contributed by atoms with Gasteiger partial charge < -0.3 is 0 Å². The Hall–Kier alpha value is 2.27. The molecule has 0 aromatic carbocycles. The normalized spacial score (nSPS) is 12.4. The molecule has 0 nitrogen and oxygen atoms in total. The van der Waals surface area contributed by atoms with E-state index in [-0.39, 0.29) is 18.9 Å². The Bertz CT molecular complexity index is 34.6. The van der Waals surface area contributed by atoms with Crippen molar-refractivity contribution in [1.29, 1.82) is 0 Å². The fourth-order valence-corrected chi connectivity index (χ4v) is 0. The first kappa shape index (κ1) is 10.3. The summed E-state index contributed by atoms with van der Waals surface area (Å²) < 4.78 is -0.854. The molecular formula is H2ClILiPS. The van der Waals surface area contributed by atoms with Gasteiger partial charge in [0.2, 0.25) is 0 Å². The molecule has 0 bridgehead atoms. The number of rotatable bonds is 0. The second-order valence-electron chi connectivity index (χ2n) is 0.226. The van der Waals surface area contributed by atoms with Crippen molar-refractivity contribution in [2.45, 2.75) is 0 Å². The molecule has 0 aliphatic carbocycles. The molecule has 0 rings (SSSR count). The van der Waals surface area contributed by atoms with E-state index >= 15 is 0 Å². The molecule has 28 valence electrons. The van der Waals surface area contributed by atoms with Crippen molar-refractivity contribution < 1.29 is 0 Å². The van der Waals surface area contributed by atoms with Gasteiger partial charge in [-0.2, -0.15) is 0 Å². The molecule has 5 heavy (non-hydrogen) atoms. The summed E-state index contributed by atoms with van der Waals surface area (Å²) in [6.07, 6.45) is 0.